The highest BCUT2D eigenvalue weighted by molar-refractivity contribution is 5.83. The Morgan fingerprint density at radius 1 is 1.50 bits per heavy atom. The van der Waals surface area contributed by atoms with Gasteiger partial charge in [0.1, 0.15) is 12.3 Å². The van der Waals surface area contributed by atoms with Crippen molar-refractivity contribution in [1.82, 2.24) is 4.90 Å². The predicted octanol–water partition coefficient (Wildman–Crippen LogP) is -0.781. The largest absolute Gasteiger partial charge is 0.383 e. The summed E-state index contributed by atoms with van der Waals surface area (Å²) in [5, 5.41) is 9.40. The van der Waals surface area contributed by atoms with Gasteiger partial charge in [0.15, 0.2) is 6.23 Å². The number of hydrogen-bond acceptors (Lipinski definition) is 4. The Bertz CT molecular complexity index is 314. The molecular weight excluding hydrogens is 186 g/mol. The second-order valence-electron chi connectivity index (χ2n) is 3.73. The van der Waals surface area contributed by atoms with Gasteiger partial charge in [0.05, 0.1) is 13.2 Å². The van der Waals surface area contributed by atoms with Crippen LogP contribution in [0.4, 0.5) is 0 Å². The number of carbonyl (C=O) groups excluding carboxylic acids is 1. The molecule has 0 spiro atoms. The summed E-state index contributed by atoms with van der Waals surface area (Å²) >= 11 is 0. The van der Waals surface area contributed by atoms with Gasteiger partial charge in [0.25, 0.3) is 5.91 Å². The van der Waals surface area contributed by atoms with Crippen LogP contribution in [0, 0.1) is 0 Å². The van der Waals surface area contributed by atoms with Crippen LogP contribution in [0.1, 0.15) is 6.42 Å². The molecule has 5 heteroatoms. The van der Waals surface area contributed by atoms with Crippen molar-refractivity contribution < 1.29 is 19.4 Å². The minimum atomic E-state index is -0.927. The maximum Gasteiger partial charge on any atom is 0.255 e. The van der Waals surface area contributed by atoms with Gasteiger partial charge in [-0.25, -0.2) is 0 Å². The van der Waals surface area contributed by atoms with Crippen molar-refractivity contribution in [1.29, 1.82) is 0 Å². The summed E-state index contributed by atoms with van der Waals surface area (Å²) < 4.78 is 10.9. The number of aliphatic hydroxyl groups is 1. The molecule has 5 nitrogen and oxygen atoms in total. The van der Waals surface area contributed by atoms with E-state index in [1.807, 2.05) is 6.08 Å². The summed E-state index contributed by atoms with van der Waals surface area (Å²) in [7, 11) is 0. The smallest absolute Gasteiger partial charge is 0.255 e. The third-order valence-electron chi connectivity index (χ3n) is 2.89. The number of fused-ring (bicyclic) bond motifs is 3. The topological polar surface area (TPSA) is 59.0 Å². The van der Waals surface area contributed by atoms with E-state index in [1.54, 1.807) is 0 Å². The van der Waals surface area contributed by atoms with Crippen LogP contribution in [0.3, 0.4) is 0 Å². The van der Waals surface area contributed by atoms with E-state index < -0.39 is 6.10 Å². The maximum absolute atomic E-state index is 11.6. The lowest BCUT2D eigenvalue weighted by atomic mass is 10.2. The minimum absolute atomic E-state index is 0.285. The first-order valence-corrected chi connectivity index (χ1v) is 4.70. The number of rotatable bonds is 0. The molecule has 0 saturated carbocycles. The first kappa shape index (κ1) is 8.40. The number of amides is 1. The third-order valence-corrected chi connectivity index (χ3v) is 2.89. The van der Waals surface area contributed by atoms with Crippen molar-refractivity contribution in [2.75, 3.05) is 13.2 Å². The molecule has 0 aromatic heterocycles. The van der Waals surface area contributed by atoms with E-state index in [0.717, 1.165) is 5.57 Å². The van der Waals surface area contributed by atoms with Crippen LogP contribution < -0.4 is 0 Å². The summed E-state index contributed by atoms with van der Waals surface area (Å²) in [6.07, 6.45) is 0.755. The molecule has 2 fully saturated rings. The quantitative estimate of drug-likeness (QED) is 0.517. The first-order valence-electron chi connectivity index (χ1n) is 4.70. The standard InChI is InChI=1S/C9H11NO4/c11-6-3-7-10(8(6)12)9-5(4-14-7)1-2-13-9/h1,6-7,9,11H,2-4H2/t6-,7+,9-/m0/s1. The second-order valence-corrected chi connectivity index (χ2v) is 3.73. The minimum Gasteiger partial charge on any atom is -0.383 e. The fourth-order valence-electron chi connectivity index (χ4n) is 2.17. The van der Waals surface area contributed by atoms with E-state index in [2.05, 4.69) is 0 Å². The summed E-state index contributed by atoms with van der Waals surface area (Å²) in [4.78, 5) is 13.1. The number of aliphatic hydroxyl groups excluding tert-OH is 1. The van der Waals surface area contributed by atoms with Crippen LogP contribution in [-0.2, 0) is 14.3 Å². The Balaban J connectivity index is 1.92. The van der Waals surface area contributed by atoms with Gasteiger partial charge >= 0.3 is 0 Å². The third kappa shape index (κ3) is 0.972. The summed E-state index contributed by atoms with van der Waals surface area (Å²) in [5.41, 5.74) is 0.990. The van der Waals surface area contributed by atoms with E-state index in [4.69, 9.17) is 9.47 Å². The predicted molar refractivity (Wildman–Crippen MR) is 45.0 cm³/mol. The van der Waals surface area contributed by atoms with Gasteiger partial charge in [-0.3, -0.25) is 9.69 Å². The Morgan fingerprint density at radius 3 is 3.21 bits per heavy atom. The average molecular weight is 197 g/mol. The molecule has 0 aromatic rings. The van der Waals surface area contributed by atoms with E-state index >= 15 is 0 Å². The molecule has 1 amide bonds. The van der Waals surface area contributed by atoms with Crippen LogP contribution in [-0.4, -0.2) is 47.7 Å². The molecule has 76 valence electrons. The molecule has 3 rings (SSSR count). The summed E-state index contributed by atoms with van der Waals surface area (Å²) in [6.45, 7) is 1.03. The lowest BCUT2D eigenvalue weighted by Crippen LogP contribution is -2.49. The molecule has 1 N–H and O–H groups in total. The number of carbonyl (C=O) groups is 1. The monoisotopic (exact) mass is 197 g/mol. The average Bonchev–Trinajstić information content (AvgIpc) is 2.72. The van der Waals surface area contributed by atoms with Crippen LogP contribution >= 0.6 is 0 Å². The van der Waals surface area contributed by atoms with E-state index in [0.29, 0.717) is 19.6 Å². The van der Waals surface area contributed by atoms with Crippen LogP contribution in [0.5, 0.6) is 0 Å². The Labute approximate surface area is 80.9 Å². The van der Waals surface area contributed by atoms with Gasteiger partial charge in [0, 0.05) is 12.0 Å². The van der Waals surface area contributed by atoms with Crippen LogP contribution in [0.15, 0.2) is 11.6 Å². The maximum atomic E-state index is 11.6. The molecule has 14 heavy (non-hydrogen) atoms. The van der Waals surface area contributed by atoms with E-state index in [1.165, 1.54) is 4.90 Å². The van der Waals surface area contributed by atoms with E-state index in [-0.39, 0.29) is 18.4 Å². The number of nitrogens with zero attached hydrogens (tertiary/aromatic N) is 1. The Kier molecular flexibility index (Phi) is 1.67. The van der Waals surface area contributed by atoms with Gasteiger partial charge in [-0.05, 0) is 0 Å². The molecule has 0 bridgehead atoms. The molecule has 3 heterocycles. The zero-order valence-electron chi connectivity index (χ0n) is 7.55. The molecule has 0 aliphatic carbocycles. The molecule has 0 unspecified atom stereocenters. The first-order chi connectivity index (χ1) is 6.77. The summed E-state index contributed by atoms with van der Waals surface area (Å²) in [5.74, 6) is -0.285. The van der Waals surface area contributed by atoms with Crippen LogP contribution in [0.2, 0.25) is 0 Å². The Morgan fingerprint density at radius 2 is 2.36 bits per heavy atom. The van der Waals surface area contributed by atoms with Crippen molar-refractivity contribution in [3.63, 3.8) is 0 Å². The van der Waals surface area contributed by atoms with Crippen molar-refractivity contribution >= 4 is 5.91 Å². The molecule has 2 saturated heterocycles. The zero-order valence-corrected chi connectivity index (χ0v) is 7.55. The van der Waals surface area contributed by atoms with Crippen molar-refractivity contribution in [3.8, 4) is 0 Å². The highest BCUT2D eigenvalue weighted by atomic mass is 16.6. The van der Waals surface area contributed by atoms with Crippen LogP contribution in [0.25, 0.3) is 0 Å². The lowest BCUT2D eigenvalue weighted by molar-refractivity contribution is -0.166. The van der Waals surface area contributed by atoms with Crippen molar-refractivity contribution in [2.24, 2.45) is 0 Å². The number of ether oxygens (including phenoxy) is 2. The molecular formula is C9H11NO4. The molecule has 3 aliphatic rings. The van der Waals surface area contributed by atoms with Gasteiger partial charge in [-0.1, -0.05) is 6.08 Å². The molecule has 0 radical (unpaired) electrons. The van der Waals surface area contributed by atoms with E-state index in [9.17, 15) is 9.90 Å². The Hall–Kier alpha value is -0.910. The number of hydrogen-bond donors (Lipinski definition) is 1. The fourth-order valence-corrected chi connectivity index (χ4v) is 2.17. The molecule has 3 aliphatic heterocycles. The lowest BCUT2D eigenvalue weighted by Gasteiger charge is -2.35. The highest BCUT2D eigenvalue weighted by Gasteiger charge is 2.48. The zero-order chi connectivity index (χ0) is 9.71. The molecule has 3 atom stereocenters. The SMILES string of the molecule is O=C1[C@@H](O)C[C@H]2OCC3=CCO[C@@H]3N12. The van der Waals surface area contributed by atoms with Gasteiger partial charge < -0.3 is 14.6 Å². The normalized spacial score (nSPS) is 40.9. The van der Waals surface area contributed by atoms with Gasteiger partial charge in [-0.2, -0.15) is 0 Å². The van der Waals surface area contributed by atoms with Gasteiger partial charge in [-0.15, -0.1) is 0 Å². The fraction of sp³-hybridized carbons (Fsp3) is 0.667. The van der Waals surface area contributed by atoms with Crippen molar-refractivity contribution in [3.05, 3.63) is 11.6 Å². The highest BCUT2D eigenvalue weighted by Crippen LogP contribution is 2.33. The van der Waals surface area contributed by atoms with Crippen molar-refractivity contribution in [2.45, 2.75) is 25.0 Å². The van der Waals surface area contributed by atoms with Gasteiger partial charge in [0.2, 0.25) is 0 Å². The molecule has 0 aromatic carbocycles. The summed E-state index contributed by atoms with van der Waals surface area (Å²) in [6, 6.07) is 0. The second kappa shape index (κ2) is 2.79.